The van der Waals surface area contributed by atoms with E-state index in [0.29, 0.717) is 23.3 Å². The van der Waals surface area contributed by atoms with Crippen molar-refractivity contribution in [2.45, 2.75) is 25.1 Å². The predicted octanol–water partition coefficient (Wildman–Crippen LogP) is 1.87. The highest BCUT2D eigenvalue weighted by atomic mass is 19.4. The topological polar surface area (TPSA) is 55.4 Å². The van der Waals surface area contributed by atoms with Crippen molar-refractivity contribution in [3.63, 3.8) is 0 Å². The van der Waals surface area contributed by atoms with Crippen molar-refractivity contribution in [1.29, 1.82) is 0 Å². The minimum Gasteiger partial charge on any atom is -0.496 e. The Kier molecular flexibility index (Phi) is 3.69. The van der Waals surface area contributed by atoms with E-state index in [0.717, 1.165) is 0 Å². The molecule has 0 radical (unpaired) electrons. The van der Waals surface area contributed by atoms with E-state index in [4.69, 9.17) is 4.74 Å². The van der Waals surface area contributed by atoms with Gasteiger partial charge in [0.1, 0.15) is 5.75 Å². The van der Waals surface area contributed by atoms with Crippen LogP contribution in [0, 0.1) is 0 Å². The lowest BCUT2D eigenvalue weighted by Gasteiger charge is -2.25. The summed E-state index contributed by atoms with van der Waals surface area (Å²) >= 11 is 0. The first-order valence-corrected chi connectivity index (χ1v) is 5.92. The molecule has 0 fully saturated rings. The average molecular weight is 287 g/mol. The first-order valence-electron chi connectivity index (χ1n) is 5.92. The maximum absolute atomic E-state index is 12.2. The van der Waals surface area contributed by atoms with Crippen LogP contribution >= 0.6 is 0 Å². The second-order valence-corrected chi connectivity index (χ2v) is 4.41. The van der Waals surface area contributed by atoms with Crippen LogP contribution in [0.15, 0.2) is 18.2 Å². The molecule has 0 aromatic heterocycles. The van der Waals surface area contributed by atoms with E-state index < -0.39 is 23.9 Å². The minimum absolute atomic E-state index is 0.119. The first-order chi connectivity index (χ1) is 9.34. The number of hydrogen-bond acceptors (Lipinski definition) is 3. The molecule has 4 nitrogen and oxygen atoms in total. The van der Waals surface area contributed by atoms with E-state index >= 15 is 0 Å². The lowest BCUT2D eigenvalue weighted by atomic mass is 9.86. The Labute approximate surface area is 112 Å². The molecule has 108 valence electrons. The third kappa shape index (κ3) is 2.61. The Morgan fingerprint density at radius 2 is 2.10 bits per heavy atom. The summed E-state index contributed by atoms with van der Waals surface area (Å²) in [4.78, 5) is 23.0. The van der Waals surface area contributed by atoms with Gasteiger partial charge in [-0.05, 0) is 18.9 Å². The molecule has 0 saturated carbocycles. The second-order valence-electron chi connectivity index (χ2n) is 4.41. The molecule has 20 heavy (non-hydrogen) atoms. The predicted molar refractivity (Wildman–Crippen MR) is 63.6 cm³/mol. The largest absolute Gasteiger partial charge is 0.496 e. The van der Waals surface area contributed by atoms with Crippen LogP contribution < -0.4 is 10.1 Å². The van der Waals surface area contributed by atoms with Gasteiger partial charge in [-0.3, -0.25) is 9.59 Å². The number of methoxy groups -OCH3 is 1. The standard InChI is InChI=1S/C13H12F3NO3/c1-20-10-4-2-3-8-7(10)5-6-9(11(8)18)17-12(19)13(14,15)16/h2-4,9H,5-6H2,1H3,(H,17,19)/t9-/m1/s1. The van der Waals surface area contributed by atoms with Gasteiger partial charge in [-0.15, -0.1) is 0 Å². The van der Waals surface area contributed by atoms with Crippen molar-refractivity contribution in [3.05, 3.63) is 29.3 Å². The number of ether oxygens (including phenoxy) is 1. The molecule has 1 amide bonds. The van der Waals surface area contributed by atoms with E-state index in [9.17, 15) is 22.8 Å². The Morgan fingerprint density at radius 3 is 2.70 bits per heavy atom. The molecule has 0 aliphatic heterocycles. The van der Waals surface area contributed by atoms with Crippen molar-refractivity contribution < 1.29 is 27.5 Å². The van der Waals surface area contributed by atoms with E-state index in [-0.39, 0.29) is 6.42 Å². The molecule has 1 aromatic rings. The number of hydrogen-bond donors (Lipinski definition) is 1. The number of Topliss-reactive ketones (excluding diaryl/α,β-unsaturated/α-hetero) is 1. The van der Waals surface area contributed by atoms with Crippen molar-refractivity contribution in [3.8, 4) is 5.75 Å². The minimum atomic E-state index is -4.99. The van der Waals surface area contributed by atoms with Gasteiger partial charge >= 0.3 is 12.1 Å². The average Bonchev–Trinajstić information content (AvgIpc) is 2.40. The van der Waals surface area contributed by atoms with Gasteiger partial charge in [-0.2, -0.15) is 13.2 Å². The van der Waals surface area contributed by atoms with Crippen molar-refractivity contribution in [1.82, 2.24) is 5.32 Å². The molecule has 1 aliphatic carbocycles. The molecule has 7 heteroatoms. The molecule has 0 heterocycles. The molecule has 1 N–H and O–H groups in total. The van der Waals surface area contributed by atoms with Crippen LogP contribution in [0.25, 0.3) is 0 Å². The van der Waals surface area contributed by atoms with Crippen molar-refractivity contribution in [2.75, 3.05) is 7.11 Å². The number of rotatable bonds is 2. The summed E-state index contributed by atoms with van der Waals surface area (Å²) in [5.74, 6) is -2.10. The van der Waals surface area contributed by atoms with Gasteiger partial charge in [0.05, 0.1) is 13.2 Å². The van der Waals surface area contributed by atoms with Crippen LogP contribution in [0.1, 0.15) is 22.3 Å². The molecular formula is C13H12F3NO3. The highest BCUT2D eigenvalue weighted by Gasteiger charge is 2.41. The van der Waals surface area contributed by atoms with Gasteiger partial charge < -0.3 is 10.1 Å². The molecule has 0 spiro atoms. The normalized spacial score (nSPS) is 18.4. The van der Waals surface area contributed by atoms with Gasteiger partial charge in [-0.25, -0.2) is 0 Å². The smallest absolute Gasteiger partial charge is 0.471 e. The number of halogens is 3. The number of benzene rings is 1. The molecule has 0 unspecified atom stereocenters. The van der Waals surface area contributed by atoms with Gasteiger partial charge in [0.2, 0.25) is 0 Å². The summed E-state index contributed by atoms with van der Waals surface area (Å²) < 4.78 is 41.7. The van der Waals surface area contributed by atoms with Crippen LogP contribution in [-0.2, 0) is 11.2 Å². The molecule has 0 bridgehead atoms. The maximum atomic E-state index is 12.2. The van der Waals surface area contributed by atoms with Crippen LogP contribution in [-0.4, -0.2) is 31.0 Å². The summed E-state index contributed by atoms with van der Waals surface area (Å²) in [5.41, 5.74) is 0.959. The summed E-state index contributed by atoms with van der Waals surface area (Å²) in [7, 11) is 1.46. The van der Waals surface area contributed by atoms with Gasteiger partial charge in [0.15, 0.2) is 5.78 Å². The number of amides is 1. The maximum Gasteiger partial charge on any atom is 0.471 e. The van der Waals surface area contributed by atoms with E-state index in [1.165, 1.54) is 13.2 Å². The van der Waals surface area contributed by atoms with Crippen LogP contribution in [0.2, 0.25) is 0 Å². The summed E-state index contributed by atoms with van der Waals surface area (Å²) in [6.45, 7) is 0. The van der Waals surface area contributed by atoms with Crippen molar-refractivity contribution in [2.24, 2.45) is 0 Å². The van der Waals surface area contributed by atoms with Gasteiger partial charge in [-0.1, -0.05) is 12.1 Å². The van der Waals surface area contributed by atoms with Crippen LogP contribution in [0.3, 0.4) is 0 Å². The summed E-state index contributed by atoms with van der Waals surface area (Å²) in [6.07, 6.45) is -4.50. The number of carbonyl (C=O) groups excluding carboxylic acids is 2. The lowest BCUT2D eigenvalue weighted by Crippen LogP contribution is -2.48. The Hall–Kier alpha value is -2.05. The third-order valence-electron chi connectivity index (χ3n) is 3.18. The summed E-state index contributed by atoms with van der Waals surface area (Å²) in [5, 5.41) is 1.73. The lowest BCUT2D eigenvalue weighted by molar-refractivity contribution is -0.174. The summed E-state index contributed by atoms with van der Waals surface area (Å²) in [6, 6.07) is 3.64. The fraction of sp³-hybridized carbons (Fsp3) is 0.385. The zero-order valence-corrected chi connectivity index (χ0v) is 10.6. The van der Waals surface area contributed by atoms with Crippen LogP contribution in [0.4, 0.5) is 13.2 Å². The van der Waals surface area contributed by atoms with E-state index in [2.05, 4.69) is 0 Å². The Bertz CT molecular complexity index is 554. The highest BCUT2D eigenvalue weighted by molar-refractivity contribution is 6.04. The zero-order valence-electron chi connectivity index (χ0n) is 10.6. The Balaban J connectivity index is 2.23. The molecule has 2 rings (SSSR count). The molecule has 0 saturated heterocycles. The number of fused-ring (bicyclic) bond motifs is 1. The molecular weight excluding hydrogens is 275 g/mol. The number of ketones is 1. The van der Waals surface area contributed by atoms with Gasteiger partial charge in [0.25, 0.3) is 0 Å². The van der Waals surface area contributed by atoms with E-state index in [1.54, 1.807) is 17.4 Å². The fourth-order valence-corrected chi connectivity index (χ4v) is 2.23. The SMILES string of the molecule is COc1cccc2c1CC[C@@H](NC(=O)C(F)(F)F)C2=O. The van der Waals surface area contributed by atoms with Gasteiger partial charge in [0, 0.05) is 11.1 Å². The van der Waals surface area contributed by atoms with Crippen molar-refractivity contribution >= 4 is 11.7 Å². The highest BCUT2D eigenvalue weighted by Crippen LogP contribution is 2.30. The first kappa shape index (κ1) is 14.4. The molecule has 1 atom stereocenters. The van der Waals surface area contributed by atoms with E-state index in [1.807, 2.05) is 0 Å². The monoisotopic (exact) mass is 287 g/mol. The number of carbonyl (C=O) groups is 2. The number of nitrogens with one attached hydrogen (secondary N) is 1. The second kappa shape index (κ2) is 5.15. The third-order valence-corrected chi connectivity index (χ3v) is 3.18. The fourth-order valence-electron chi connectivity index (χ4n) is 2.23. The Morgan fingerprint density at radius 1 is 1.40 bits per heavy atom. The molecule has 1 aliphatic rings. The molecule has 1 aromatic carbocycles. The zero-order chi connectivity index (χ0) is 14.9. The van der Waals surface area contributed by atoms with Crippen LogP contribution in [0.5, 0.6) is 5.75 Å². The number of alkyl halides is 3. The quantitative estimate of drug-likeness (QED) is 0.903.